The molecular formula is C13H10BrF2NO2S. The number of hydrogen-bond acceptors (Lipinski definition) is 2. The lowest BCUT2D eigenvalue weighted by Gasteiger charge is -2.11. The van der Waals surface area contributed by atoms with Crippen LogP contribution in [0.5, 0.6) is 0 Å². The Labute approximate surface area is 123 Å². The van der Waals surface area contributed by atoms with Gasteiger partial charge in [0.15, 0.2) is 0 Å². The van der Waals surface area contributed by atoms with Crippen molar-refractivity contribution >= 4 is 31.6 Å². The molecule has 0 atom stereocenters. The summed E-state index contributed by atoms with van der Waals surface area (Å²) in [6, 6.07) is 7.21. The molecule has 20 heavy (non-hydrogen) atoms. The Morgan fingerprint density at radius 2 is 1.80 bits per heavy atom. The van der Waals surface area contributed by atoms with Gasteiger partial charge in [0.05, 0.1) is 15.1 Å². The van der Waals surface area contributed by atoms with E-state index in [4.69, 9.17) is 0 Å². The Balaban J connectivity index is 2.40. The Morgan fingerprint density at radius 3 is 2.45 bits per heavy atom. The lowest BCUT2D eigenvalue weighted by Crippen LogP contribution is -2.14. The van der Waals surface area contributed by atoms with Crippen LogP contribution >= 0.6 is 15.9 Å². The van der Waals surface area contributed by atoms with E-state index in [2.05, 4.69) is 20.7 Å². The zero-order chi connectivity index (χ0) is 14.9. The van der Waals surface area contributed by atoms with Crippen LogP contribution in [0.3, 0.4) is 0 Å². The molecule has 2 rings (SSSR count). The molecule has 0 bridgehead atoms. The number of hydrogen-bond donors (Lipinski definition) is 1. The fourth-order valence-electron chi connectivity index (χ4n) is 1.63. The van der Waals surface area contributed by atoms with Crippen molar-refractivity contribution in [3.8, 4) is 0 Å². The maximum atomic E-state index is 13.2. The molecule has 0 unspecified atom stereocenters. The molecule has 0 radical (unpaired) electrons. The second-order valence-corrected chi connectivity index (χ2v) is 6.65. The topological polar surface area (TPSA) is 46.2 Å². The summed E-state index contributed by atoms with van der Waals surface area (Å²) in [5.41, 5.74) is 0.599. The summed E-state index contributed by atoms with van der Waals surface area (Å²) < 4.78 is 53.1. The van der Waals surface area contributed by atoms with Crippen molar-refractivity contribution in [2.45, 2.75) is 11.8 Å². The third-order valence-corrected chi connectivity index (χ3v) is 4.74. The number of rotatable bonds is 3. The second-order valence-electron chi connectivity index (χ2n) is 4.14. The van der Waals surface area contributed by atoms with E-state index in [9.17, 15) is 17.2 Å². The number of sulfonamides is 1. The smallest absolute Gasteiger partial charge is 0.262 e. The lowest BCUT2D eigenvalue weighted by atomic mass is 10.2. The largest absolute Gasteiger partial charge is 0.280 e. The second kappa shape index (κ2) is 5.49. The van der Waals surface area contributed by atoms with E-state index in [0.29, 0.717) is 5.56 Å². The van der Waals surface area contributed by atoms with E-state index in [-0.39, 0.29) is 15.1 Å². The van der Waals surface area contributed by atoms with Crippen molar-refractivity contribution < 1.29 is 17.2 Å². The van der Waals surface area contributed by atoms with Crippen LogP contribution in [0.4, 0.5) is 14.5 Å². The quantitative estimate of drug-likeness (QED) is 0.902. The minimum Gasteiger partial charge on any atom is -0.280 e. The van der Waals surface area contributed by atoms with E-state index in [1.807, 2.05) is 0 Å². The van der Waals surface area contributed by atoms with Crippen LogP contribution in [0.15, 0.2) is 45.8 Å². The number of halogens is 3. The molecule has 0 aliphatic carbocycles. The Morgan fingerprint density at radius 1 is 1.10 bits per heavy atom. The van der Waals surface area contributed by atoms with Crippen molar-refractivity contribution in [1.82, 2.24) is 0 Å². The summed E-state index contributed by atoms with van der Waals surface area (Å²) in [7, 11) is -3.93. The highest BCUT2D eigenvalue weighted by atomic mass is 79.9. The molecule has 0 heterocycles. The molecule has 0 saturated carbocycles. The summed E-state index contributed by atoms with van der Waals surface area (Å²) in [5.74, 6) is -1.15. The van der Waals surface area contributed by atoms with Gasteiger partial charge in [-0.2, -0.15) is 0 Å². The molecule has 0 aromatic heterocycles. The maximum absolute atomic E-state index is 13.2. The SMILES string of the molecule is Cc1ccc(F)cc1S(=O)(=O)Nc1ccc(F)c(Br)c1. The molecule has 7 heteroatoms. The standard InChI is InChI=1S/C13H10BrF2NO2S/c1-8-2-3-9(15)6-13(8)20(18,19)17-10-4-5-12(16)11(14)7-10/h2-7,17H,1H3. The fraction of sp³-hybridized carbons (Fsp3) is 0.0769. The minimum absolute atomic E-state index is 0.133. The molecular weight excluding hydrogens is 352 g/mol. The first kappa shape index (κ1) is 14.9. The van der Waals surface area contributed by atoms with Gasteiger partial charge >= 0.3 is 0 Å². The number of nitrogens with one attached hydrogen (secondary N) is 1. The molecule has 0 fully saturated rings. The highest BCUT2D eigenvalue weighted by Gasteiger charge is 2.18. The van der Waals surface area contributed by atoms with Crippen molar-refractivity contribution in [3.63, 3.8) is 0 Å². The van der Waals surface area contributed by atoms with E-state index < -0.39 is 21.7 Å². The van der Waals surface area contributed by atoms with E-state index in [1.54, 1.807) is 6.92 Å². The molecule has 2 aromatic carbocycles. The van der Waals surface area contributed by atoms with Gasteiger partial charge in [0.1, 0.15) is 11.6 Å². The van der Waals surface area contributed by atoms with Crippen molar-refractivity contribution in [1.29, 1.82) is 0 Å². The van der Waals surface area contributed by atoms with Crippen LogP contribution in [-0.2, 0) is 10.0 Å². The zero-order valence-corrected chi connectivity index (χ0v) is 12.7. The predicted molar refractivity (Wildman–Crippen MR) is 76.0 cm³/mol. The highest BCUT2D eigenvalue weighted by Crippen LogP contribution is 2.24. The van der Waals surface area contributed by atoms with Crippen molar-refractivity contribution in [2.24, 2.45) is 0 Å². The molecule has 106 valence electrons. The van der Waals surface area contributed by atoms with Gasteiger partial charge in [-0.25, -0.2) is 17.2 Å². The van der Waals surface area contributed by atoms with Gasteiger partial charge < -0.3 is 0 Å². The van der Waals surface area contributed by atoms with E-state index >= 15 is 0 Å². The summed E-state index contributed by atoms with van der Waals surface area (Å²) in [4.78, 5) is -0.155. The number of aryl methyl sites for hydroxylation is 1. The van der Waals surface area contributed by atoms with Crippen molar-refractivity contribution in [3.05, 3.63) is 58.1 Å². The molecule has 0 aliphatic heterocycles. The van der Waals surface area contributed by atoms with E-state index in [0.717, 1.165) is 12.1 Å². The van der Waals surface area contributed by atoms with Crippen LogP contribution in [0.1, 0.15) is 5.56 Å². The summed E-state index contributed by atoms with van der Waals surface area (Å²) in [6.45, 7) is 1.56. The number of benzene rings is 2. The fourth-order valence-corrected chi connectivity index (χ4v) is 3.32. The van der Waals surface area contributed by atoms with Gasteiger partial charge in [-0.1, -0.05) is 6.07 Å². The van der Waals surface area contributed by atoms with Crippen LogP contribution in [0.2, 0.25) is 0 Å². The highest BCUT2D eigenvalue weighted by molar-refractivity contribution is 9.10. The first-order chi connectivity index (χ1) is 9.29. The molecule has 0 saturated heterocycles. The lowest BCUT2D eigenvalue weighted by molar-refractivity contribution is 0.594. The average Bonchev–Trinajstić information content (AvgIpc) is 2.36. The Bertz CT molecular complexity index is 763. The third kappa shape index (κ3) is 3.16. The molecule has 0 amide bonds. The van der Waals surface area contributed by atoms with Gasteiger partial charge in [-0.05, 0) is 58.7 Å². The van der Waals surface area contributed by atoms with Gasteiger partial charge in [-0.3, -0.25) is 4.72 Å². The van der Waals surface area contributed by atoms with Crippen LogP contribution in [0, 0.1) is 18.6 Å². The molecule has 0 aliphatic rings. The van der Waals surface area contributed by atoms with Crippen LogP contribution in [0.25, 0.3) is 0 Å². The first-order valence-electron chi connectivity index (χ1n) is 5.53. The van der Waals surface area contributed by atoms with Crippen LogP contribution in [-0.4, -0.2) is 8.42 Å². The Kier molecular flexibility index (Phi) is 4.10. The van der Waals surface area contributed by atoms with Crippen molar-refractivity contribution in [2.75, 3.05) is 4.72 Å². The van der Waals surface area contributed by atoms with Gasteiger partial charge in [0.25, 0.3) is 10.0 Å². The molecule has 2 aromatic rings. The summed E-state index contributed by atoms with van der Waals surface area (Å²) in [6.07, 6.45) is 0. The first-order valence-corrected chi connectivity index (χ1v) is 7.81. The Hall–Kier alpha value is -1.47. The summed E-state index contributed by atoms with van der Waals surface area (Å²) in [5, 5.41) is 0. The van der Waals surface area contributed by atoms with Gasteiger partial charge in [-0.15, -0.1) is 0 Å². The number of anilines is 1. The zero-order valence-electron chi connectivity index (χ0n) is 10.3. The monoisotopic (exact) mass is 361 g/mol. The molecule has 0 spiro atoms. The predicted octanol–water partition coefficient (Wildman–Crippen LogP) is 3.84. The third-order valence-electron chi connectivity index (χ3n) is 2.61. The van der Waals surface area contributed by atoms with Gasteiger partial charge in [0.2, 0.25) is 0 Å². The maximum Gasteiger partial charge on any atom is 0.262 e. The minimum atomic E-state index is -3.93. The average molecular weight is 362 g/mol. The summed E-state index contributed by atoms with van der Waals surface area (Å²) >= 11 is 2.97. The van der Waals surface area contributed by atoms with Gasteiger partial charge in [0, 0.05) is 0 Å². The molecule has 1 N–H and O–H groups in total. The molecule has 3 nitrogen and oxygen atoms in total. The van der Waals surface area contributed by atoms with E-state index in [1.165, 1.54) is 24.3 Å². The normalized spacial score (nSPS) is 11.4. The van der Waals surface area contributed by atoms with Crippen LogP contribution < -0.4 is 4.72 Å².